The summed E-state index contributed by atoms with van der Waals surface area (Å²) < 4.78 is 83.5. The van der Waals surface area contributed by atoms with Gasteiger partial charge in [-0.3, -0.25) is 4.90 Å². The third-order valence-corrected chi connectivity index (χ3v) is 6.39. The molecule has 188 valence electrons. The van der Waals surface area contributed by atoms with E-state index in [-0.39, 0.29) is 17.6 Å². The van der Waals surface area contributed by atoms with Crippen LogP contribution in [0.1, 0.15) is 29.3 Å². The second-order valence-electron chi connectivity index (χ2n) is 8.05. The van der Waals surface area contributed by atoms with Gasteiger partial charge in [0.1, 0.15) is 11.6 Å². The number of nitrogens with one attached hydrogen (secondary N) is 1. The fourth-order valence-corrected chi connectivity index (χ4v) is 4.47. The topological polar surface area (TPSA) is 131 Å². The molecule has 4 N–H and O–H groups in total. The molecule has 0 saturated carbocycles. The number of aliphatic carboxylic acids is 1. The zero-order valence-electron chi connectivity index (χ0n) is 17.8. The summed E-state index contributed by atoms with van der Waals surface area (Å²) in [6.07, 6.45) is -1.81. The number of carboxylic acids is 1. The van der Waals surface area contributed by atoms with Gasteiger partial charge in [0, 0.05) is 49.0 Å². The number of fused-ring (bicyclic) bond motifs is 1. The molecule has 1 aromatic heterocycles. The molecule has 0 aliphatic carbocycles. The summed E-state index contributed by atoms with van der Waals surface area (Å²) in [5.74, 6) is -3.72. The lowest BCUT2D eigenvalue weighted by Gasteiger charge is -2.39. The summed E-state index contributed by atoms with van der Waals surface area (Å²) in [6.45, 7) is 1.70. The zero-order chi connectivity index (χ0) is 25.4. The Labute approximate surface area is 191 Å². The lowest BCUT2D eigenvalue weighted by atomic mass is 9.89. The normalized spacial score (nSPS) is 23.2. The van der Waals surface area contributed by atoms with E-state index in [0.717, 1.165) is 33.7 Å². The Morgan fingerprint density at radius 3 is 2.44 bits per heavy atom. The van der Waals surface area contributed by atoms with Crippen molar-refractivity contribution >= 4 is 16.0 Å². The largest absolute Gasteiger partial charge is 0.490 e. The van der Waals surface area contributed by atoms with Crippen molar-refractivity contribution in [3.8, 4) is 0 Å². The highest BCUT2D eigenvalue weighted by atomic mass is 32.2. The van der Waals surface area contributed by atoms with Gasteiger partial charge in [-0.1, -0.05) is 0 Å². The molecule has 0 unspecified atom stereocenters. The summed E-state index contributed by atoms with van der Waals surface area (Å²) in [5.41, 5.74) is 8.14. The molecule has 3 heterocycles. The van der Waals surface area contributed by atoms with Gasteiger partial charge in [0.2, 0.25) is 0 Å². The second-order valence-corrected chi connectivity index (χ2v) is 9.89. The SMILES string of the molecule is CS(=O)(=O)n1cc2c(n1)CN([C@H]1CN[C@H](c3cc(F)ccc3F)[C@@H](N)C1)C2.O=C(O)C(F)(F)F. The third-order valence-electron chi connectivity index (χ3n) is 5.52. The first-order valence-corrected chi connectivity index (χ1v) is 11.8. The number of carbonyl (C=O) groups is 1. The van der Waals surface area contributed by atoms with Gasteiger partial charge < -0.3 is 16.2 Å². The van der Waals surface area contributed by atoms with Crippen molar-refractivity contribution < 1.29 is 40.3 Å². The van der Waals surface area contributed by atoms with E-state index >= 15 is 0 Å². The number of hydrogen-bond acceptors (Lipinski definition) is 7. The molecule has 34 heavy (non-hydrogen) atoms. The molecule has 0 amide bonds. The number of benzene rings is 1. The number of carboxylic acid groups (broad SMARTS) is 1. The minimum Gasteiger partial charge on any atom is -0.475 e. The smallest absolute Gasteiger partial charge is 0.475 e. The number of aromatic nitrogens is 2. The Balaban J connectivity index is 0.000000406. The van der Waals surface area contributed by atoms with Crippen molar-refractivity contribution in [2.24, 2.45) is 5.73 Å². The second kappa shape index (κ2) is 9.56. The quantitative estimate of drug-likeness (QED) is 0.527. The molecular formula is C19H22F5N5O4S. The number of halogens is 5. The molecule has 2 aliphatic rings. The van der Waals surface area contributed by atoms with Crippen LogP contribution < -0.4 is 11.1 Å². The first kappa shape index (κ1) is 26.0. The number of hydrogen-bond donors (Lipinski definition) is 3. The van der Waals surface area contributed by atoms with Gasteiger partial charge in [-0.2, -0.15) is 22.4 Å². The van der Waals surface area contributed by atoms with Crippen molar-refractivity contribution in [2.75, 3.05) is 12.8 Å². The number of nitrogens with two attached hydrogens (primary N) is 1. The average molecular weight is 511 g/mol. The fourth-order valence-electron chi connectivity index (χ4n) is 3.90. The Bertz CT molecular complexity index is 1150. The maximum atomic E-state index is 14.1. The van der Waals surface area contributed by atoms with E-state index in [4.69, 9.17) is 15.6 Å². The minimum absolute atomic E-state index is 0.105. The summed E-state index contributed by atoms with van der Waals surface area (Å²) >= 11 is 0. The van der Waals surface area contributed by atoms with Crippen molar-refractivity contribution in [3.63, 3.8) is 0 Å². The van der Waals surface area contributed by atoms with Gasteiger partial charge >= 0.3 is 12.1 Å². The Morgan fingerprint density at radius 2 is 1.91 bits per heavy atom. The Kier molecular flexibility index (Phi) is 7.31. The highest BCUT2D eigenvalue weighted by Crippen LogP contribution is 2.31. The molecule has 2 aliphatic heterocycles. The van der Waals surface area contributed by atoms with Crippen LogP contribution in [0.2, 0.25) is 0 Å². The predicted molar refractivity (Wildman–Crippen MR) is 109 cm³/mol. The van der Waals surface area contributed by atoms with Crippen LogP contribution in [-0.4, -0.2) is 64.6 Å². The molecule has 1 aromatic carbocycles. The van der Waals surface area contributed by atoms with Gasteiger partial charge in [0.05, 0.1) is 18.0 Å². The van der Waals surface area contributed by atoms with E-state index in [2.05, 4.69) is 15.3 Å². The van der Waals surface area contributed by atoms with Gasteiger partial charge in [-0.05, 0) is 24.6 Å². The summed E-state index contributed by atoms with van der Waals surface area (Å²) in [7, 11) is -3.39. The molecule has 0 bridgehead atoms. The van der Waals surface area contributed by atoms with Gasteiger partial charge in [0.15, 0.2) is 0 Å². The molecule has 15 heteroatoms. The molecule has 2 aromatic rings. The average Bonchev–Trinajstić information content (AvgIpc) is 3.29. The number of piperidine rings is 1. The van der Waals surface area contributed by atoms with Gasteiger partial charge in [-0.15, -0.1) is 0 Å². The van der Waals surface area contributed by atoms with Crippen LogP contribution in [0.3, 0.4) is 0 Å². The monoisotopic (exact) mass is 511 g/mol. The van der Waals surface area contributed by atoms with Crippen molar-refractivity contribution in [3.05, 3.63) is 52.9 Å². The predicted octanol–water partition coefficient (Wildman–Crippen LogP) is 1.35. The van der Waals surface area contributed by atoms with E-state index in [1.54, 1.807) is 6.20 Å². The summed E-state index contributed by atoms with van der Waals surface area (Å²) in [6, 6.07) is 2.68. The summed E-state index contributed by atoms with van der Waals surface area (Å²) in [4.78, 5) is 11.1. The Morgan fingerprint density at radius 1 is 1.26 bits per heavy atom. The van der Waals surface area contributed by atoms with E-state index < -0.39 is 39.8 Å². The first-order chi connectivity index (χ1) is 15.7. The van der Waals surface area contributed by atoms with Crippen LogP contribution in [-0.2, 0) is 27.9 Å². The number of rotatable bonds is 3. The van der Waals surface area contributed by atoms with Crippen LogP contribution in [0.15, 0.2) is 24.4 Å². The van der Waals surface area contributed by atoms with Crippen LogP contribution in [0, 0.1) is 11.6 Å². The molecule has 9 nitrogen and oxygen atoms in total. The maximum Gasteiger partial charge on any atom is 0.490 e. The summed E-state index contributed by atoms with van der Waals surface area (Å²) in [5, 5.41) is 14.5. The van der Waals surface area contributed by atoms with Crippen molar-refractivity contribution in [2.45, 2.75) is 43.8 Å². The molecule has 3 atom stereocenters. The fraction of sp³-hybridized carbons (Fsp3) is 0.474. The molecule has 0 radical (unpaired) electrons. The highest BCUT2D eigenvalue weighted by molar-refractivity contribution is 7.89. The van der Waals surface area contributed by atoms with Crippen molar-refractivity contribution in [1.29, 1.82) is 0 Å². The molecular weight excluding hydrogens is 489 g/mol. The molecule has 1 fully saturated rings. The number of alkyl halides is 3. The van der Waals surface area contributed by atoms with Gasteiger partial charge in [-0.25, -0.2) is 22.0 Å². The Hall–Kier alpha value is -2.62. The van der Waals surface area contributed by atoms with E-state index in [9.17, 15) is 30.4 Å². The van der Waals surface area contributed by atoms with Gasteiger partial charge in [0.25, 0.3) is 10.0 Å². The minimum atomic E-state index is -5.08. The third kappa shape index (κ3) is 5.89. The van der Waals surface area contributed by atoms with E-state index in [1.807, 2.05) is 0 Å². The lowest BCUT2D eigenvalue weighted by molar-refractivity contribution is -0.192. The molecule has 4 rings (SSSR count). The van der Waals surface area contributed by atoms with Crippen LogP contribution >= 0.6 is 0 Å². The van der Waals surface area contributed by atoms with E-state index in [0.29, 0.717) is 26.1 Å². The van der Waals surface area contributed by atoms with Crippen LogP contribution in [0.25, 0.3) is 0 Å². The number of nitrogens with zero attached hydrogens (tertiary/aromatic N) is 3. The van der Waals surface area contributed by atoms with Crippen molar-refractivity contribution in [1.82, 2.24) is 19.4 Å². The molecule has 1 saturated heterocycles. The maximum absolute atomic E-state index is 14.1. The lowest BCUT2D eigenvalue weighted by Crippen LogP contribution is -2.54. The standard InChI is InChI=1S/C17H21F2N5O2S.C2HF3O2/c1-27(25,26)24-8-10-7-23(9-16(10)22-24)12-5-15(20)17(21-6-12)13-4-11(18)2-3-14(13)19;3-2(4,5)1(6)7/h2-4,8,12,15,17,21H,5-7,9,20H2,1H3;(H,6,7)/t12-,15+,17-;/m1./s1. The van der Waals surface area contributed by atoms with Crippen LogP contribution in [0.4, 0.5) is 22.0 Å². The first-order valence-electron chi connectivity index (χ1n) is 9.93. The van der Waals surface area contributed by atoms with Crippen LogP contribution in [0.5, 0.6) is 0 Å². The zero-order valence-corrected chi connectivity index (χ0v) is 18.6. The highest BCUT2D eigenvalue weighted by Gasteiger charge is 2.38. The molecule has 0 spiro atoms. The van der Waals surface area contributed by atoms with E-state index in [1.165, 1.54) is 6.07 Å².